The number of ketones is 1. The second-order valence-corrected chi connectivity index (χ2v) is 7.55. The smallest absolute Gasteiger partial charge is 0.259 e. The fourth-order valence-corrected chi connectivity index (χ4v) is 4.27. The van der Waals surface area contributed by atoms with E-state index >= 15 is 0 Å². The van der Waals surface area contributed by atoms with Crippen LogP contribution in [-0.4, -0.2) is 29.3 Å². The lowest BCUT2D eigenvalue weighted by molar-refractivity contribution is 0.104. The summed E-state index contributed by atoms with van der Waals surface area (Å²) in [6, 6.07) is 18.5. The second-order valence-electron chi connectivity index (χ2n) is 7.55. The van der Waals surface area contributed by atoms with E-state index in [1.807, 2.05) is 73.6 Å². The largest absolute Gasteiger partial charge is 0.468 e. The molecule has 0 N–H and O–H groups in total. The maximum atomic E-state index is 13.5. The zero-order valence-electron chi connectivity index (χ0n) is 16.3. The van der Waals surface area contributed by atoms with E-state index in [4.69, 9.17) is 4.42 Å². The molecular weight excluding hydrogens is 364 g/mol. The Balaban J connectivity index is 1.82. The minimum atomic E-state index is -0.143. The molecule has 1 aliphatic carbocycles. The Morgan fingerprint density at radius 3 is 2.28 bits per heavy atom. The van der Waals surface area contributed by atoms with Crippen LogP contribution < -0.4 is 5.56 Å². The molecular formula is C24H20N2O3. The molecule has 0 aliphatic heterocycles. The number of hydrogen-bond donors (Lipinski definition) is 0. The number of aromatic nitrogens is 1. The zero-order chi connectivity index (χ0) is 20.1. The lowest BCUT2D eigenvalue weighted by atomic mass is 10.0. The minimum absolute atomic E-state index is 0.0278. The molecule has 0 bridgehead atoms. The summed E-state index contributed by atoms with van der Waals surface area (Å²) in [5.74, 6) is 0.751. The third-order valence-electron chi connectivity index (χ3n) is 5.68. The van der Waals surface area contributed by atoms with E-state index in [-0.39, 0.29) is 17.4 Å². The van der Waals surface area contributed by atoms with Gasteiger partial charge in [0.05, 0.1) is 23.6 Å². The number of pyridine rings is 1. The van der Waals surface area contributed by atoms with Crippen molar-refractivity contribution < 1.29 is 9.21 Å². The van der Waals surface area contributed by atoms with E-state index in [0.29, 0.717) is 34.1 Å². The van der Waals surface area contributed by atoms with Gasteiger partial charge in [-0.05, 0) is 32.3 Å². The molecule has 0 saturated carbocycles. The standard InChI is InChI=1S/C24H20N2O3/c1-25(2)19(20-12-7-13-29-20)14-26-22-16-9-4-5-10-17(16)23(27)21(22)15-8-3-6-11-18(15)24(26)28/h3-13,19H,14H2,1-2H3/t19-/m0/s1. The first-order valence-corrected chi connectivity index (χ1v) is 9.57. The number of nitrogens with zero attached hydrogens (tertiary/aromatic N) is 2. The molecule has 5 nitrogen and oxygen atoms in total. The molecule has 5 rings (SSSR count). The molecule has 29 heavy (non-hydrogen) atoms. The Hall–Kier alpha value is -3.44. The molecule has 2 aromatic carbocycles. The first-order valence-electron chi connectivity index (χ1n) is 9.57. The molecule has 0 spiro atoms. The van der Waals surface area contributed by atoms with Crippen molar-refractivity contribution in [2.45, 2.75) is 12.6 Å². The predicted molar refractivity (Wildman–Crippen MR) is 112 cm³/mol. The highest BCUT2D eigenvalue weighted by molar-refractivity contribution is 6.26. The fraction of sp³-hybridized carbons (Fsp3) is 0.167. The number of carbonyl (C=O) groups excluding carboxylic acids is 1. The van der Waals surface area contributed by atoms with Crippen LogP contribution in [0.1, 0.15) is 27.7 Å². The molecule has 2 aromatic heterocycles. The van der Waals surface area contributed by atoms with Crippen LogP contribution >= 0.6 is 0 Å². The molecule has 2 heterocycles. The van der Waals surface area contributed by atoms with Crippen LogP contribution in [0.15, 0.2) is 76.1 Å². The number of furan rings is 1. The first-order chi connectivity index (χ1) is 14.1. The van der Waals surface area contributed by atoms with E-state index in [0.717, 1.165) is 11.3 Å². The van der Waals surface area contributed by atoms with Gasteiger partial charge in [0.25, 0.3) is 5.56 Å². The Bertz CT molecular complexity index is 1300. The zero-order valence-corrected chi connectivity index (χ0v) is 16.3. The van der Waals surface area contributed by atoms with Crippen LogP contribution in [0.4, 0.5) is 0 Å². The average molecular weight is 384 g/mol. The highest BCUT2D eigenvalue weighted by atomic mass is 16.3. The normalized spacial score (nSPS) is 13.7. The number of likely N-dealkylation sites (N-methyl/N-ethyl adjacent to an activating group) is 1. The molecule has 5 heteroatoms. The summed E-state index contributed by atoms with van der Waals surface area (Å²) < 4.78 is 7.39. The lowest BCUT2D eigenvalue weighted by Crippen LogP contribution is -2.31. The van der Waals surface area contributed by atoms with Gasteiger partial charge < -0.3 is 8.98 Å². The fourth-order valence-electron chi connectivity index (χ4n) is 4.27. The van der Waals surface area contributed by atoms with E-state index < -0.39 is 0 Å². The van der Waals surface area contributed by atoms with Gasteiger partial charge in [0.2, 0.25) is 0 Å². The van der Waals surface area contributed by atoms with Crippen molar-refractivity contribution in [3.63, 3.8) is 0 Å². The number of fused-ring (bicyclic) bond motifs is 5. The molecule has 0 saturated heterocycles. The van der Waals surface area contributed by atoms with Crippen molar-refractivity contribution in [1.82, 2.24) is 9.47 Å². The molecule has 0 unspecified atom stereocenters. The monoisotopic (exact) mass is 384 g/mol. The molecule has 0 amide bonds. The van der Waals surface area contributed by atoms with Gasteiger partial charge in [0, 0.05) is 28.4 Å². The number of rotatable bonds is 4. The Morgan fingerprint density at radius 2 is 1.59 bits per heavy atom. The molecule has 0 radical (unpaired) electrons. The van der Waals surface area contributed by atoms with Crippen LogP contribution in [0.5, 0.6) is 0 Å². The van der Waals surface area contributed by atoms with Crippen molar-refractivity contribution >= 4 is 16.6 Å². The summed E-state index contributed by atoms with van der Waals surface area (Å²) in [5.41, 5.74) is 2.67. The number of benzene rings is 2. The number of hydrogen-bond acceptors (Lipinski definition) is 4. The van der Waals surface area contributed by atoms with Gasteiger partial charge >= 0.3 is 0 Å². The Kier molecular flexibility index (Phi) is 4.00. The summed E-state index contributed by atoms with van der Waals surface area (Å²) in [6.45, 7) is 0.383. The third-order valence-corrected chi connectivity index (χ3v) is 5.68. The van der Waals surface area contributed by atoms with E-state index in [9.17, 15) is 9.59 Å². The molecule has 1 atom stereocenters. The summed E-state index contributed by atoms with van der Waals surface area (Å²) >= 11 is 0. The maximum Gasteiger partial charge on any atom is 0.259 e. The van der Waals surface area contributed by atoms with Crippen LogP contribution in [0, 0.1) is 0 Å². The second kappa shape index (κ2) is 6.57. The van der Waals surface area contributed by atoms with Gasteiger partial charge in [0.1, 0.15) is 5.76 Å². The van der Waals surface area contributed by atoms with Crippen molar-refractivity contribution in [2.24, 2.45) is 0 Å². The highest BCUT2D eigenvalue weighted by Gasteiger charge is 2.33. The molecule has 0 fully saturated rings. The summed E-state index contributed by atoms with van der Waals surface area (Å²) in [5, 5.41) is 1.27. The topological polar surface area (TPSA) is 55.5 Å². The average Bonchev–Trinajstić information content (AvgIpc) is 3.35. The van der Waals surface area contributed by atoms with Crippen molar-refractivity contribution in [1.29, 1.82) is 0 Å². The van der Waals surface area contributed by atoms with E-state index in [1.54, 1.807) is 16.9 Å². The molecule has 1 aliphatic rings. The van der Waals surface area contributed by atoms with E-state index in [1.165, 1.54) is 0 Å². The van der Waals surface area contributed by atoms with Gasteiger partial charge in [0.15, 0.2) is 5.78 Å². The number of carbonyl (C=O) groups is 1. The maximum absolute atomic E-state index is 13.5. The highest BCUT2D eigenvalue weighted by Crippen LogP contribution is 2.39. The van der Waals surface area contributed by atoms with Gasteiger partial charge in [-0.15, -0.1) is 0 Å². The minimum Gasteiger partial charge on any atom is -0.468 e. The van der Waals surface area contributed by atoms with Crippen molar-refractivity contribution in [3.8, 4) is 11.3 Å². The van der Waals surface area contributed by atoms with Gasteiger partial charge in [-0.25, -0.2) is 0 Å². The van der Waals surface area contributed by atoms with Gasteiger partial charge in [-0.2, -0.15) is 0 Å². The first kappa shape index (κ1) is 17.6. The quantitative estimate of drug-likeness (QED) is 0.468. The lowest BCUT2D eigenvalue weighted by Gasteiger charge is -2.25. The Morgan fingerprint density at radius 1 is 0.897 bits per heavy atom. The third kappa shape index (κ3) is 2.58. The summed E-state index contributed by atoms with van der Waals surface area (Å²) in [6.07, 6.45) is 1.64. The van der Waals surface area contributed by atoms with Crippen LogP contribution in [0.3, 0.4) is 0 Å². The summed E-state index contributed by atoms with van der Waals surface area (Å²) in [7, 11) is 3.91. The van der Waals surface area contributed by atoms with Crippen molar-refractivity contribution in [3.05, 3.63) is 94.2 Å². The Labute approximate surface area is 167 Å². The SMILES string of the molecule is CN(C)[C@@H](Cn1c2c(c3ccccc3c1=O)C(=O)c1ccccc1-2)c1ccco1. The van der Waals surface area contributed by atoms with Crippen LogP contribution in [0.2, 0.25) is 0 Å². The van der Waals surface area contributed by atoms with Gasteiger partial charge in [-0.3, -0.25) is 14.5 Å². The molecule has 144 valence electrons. The van der Waals surface area contributed by atoms with Gasteiger partial charge in [-0.1, -0.05) is 42.5 Å². The summed E-state index contributed by atoms with van der Waals surface area (Å²) in [4.78, 5) is 28.8. The predicted octanol–water partition coefficient (Wildman–Crippen LogP) is 4.11. The van der Waals surface area contributed by atoms with Crippen molar-refractivity contribution in [2.75, 3.05) is 14.1 Å². The van der Waals surface area contributed by atoms with E-state index in [2.05, 4.69) is 0 Å². The van der Waals surface area contributed by atoms with Crippen LogP contribution in [0.25, 0.3) is 22.0 Å². The molecule has 4 aromatic rings. The van der Waals surface area contributed by atoms with Crippen LogP contribution in [-0.2, 0) is 6.54 Å².